The zero-order valence-electron chi connectivity index (χ0n) is 18.7. The van der Waals surface area contributed by atoms with Gasteiger partial charge < -0.3 is 15.4 Å². The maximum Gasteiger partial charge on any atom is 0.337 e. The molecule has 0 aliphatic carbocycles. The Morgan fingerprint density at radius 3 is 2.76 bits per heavy atom. The molecule has 1 aliphatic rings. The Labute approximate surface area is 206 Å². The van der Waals surface area contributed by atoms with Gasteiger partial charge in [0.15, 0.2) is 5.78 Å². The van der Waals surface area contributed by atoms with Gasteiger partial charge >= 0.3 is 5.97 Å². The number of benzene rings is 1. The van der Waals surface area contributed by atoms with Gasteiger partial charge in [0.25, 0.3) is 0 Å². The van der Waals surface area contributed by atoms with E-state index in [2.05, 4.69) is 23.3 Å². The van der Waals surface area contributed by atoms with E-state index in [9.17, 15) is 19.6 Å². The molecule has 34 heavy (non-hydrogen) atoms. The van der Waals surface area contributed by atoms with Crippen LogP contribution in [0.5, 0.6) is 0 Å². The number of nitrogens with zero attached hydrogens (tertiary/aromatic N) is 1. The summed E-state index contributed by atoms with van der Waals surface area (Å²) in [5, 5.41) is 18.3. The molecular formula is C25H23N3O4S2. The Hall–Kier alpha value is -3.61. The maximum absolute atomic E-state index is 12.8. The number of thioether (sulfide) groups is 1. The van der Waals surface area contributed by atoms with Crippen LogP contribution < -0.4 is 10.6 Å². The lowest BCUT2D eigenvalue weighted by atomic mass is 9.87. The molecule has 7 nitrogen and oxygen atoms in total. The molecule has 2 N–H and O–H groups in total. The number of Topliss-reactive ketones (excluding diaryl/α,β-unsaturated/α-hetero) is 1. The predicted octanol–water partition coefficient (Wildman–Crippen LogP) is 4.75. The lowest BCUT2D eigenvalue weighted by Gasteiger charge is -2.28. The summed E-state index contributed by atoms with van der Waals surface area (Å²) in [5.41, 5.74) is 2.28. The summed E-state index contributed by atoms with van der Waals surface area (Å²) < 4.78 is 5.27. The maximum atomic E-state index is 12.8. The molecule has 1 aromatic heterocycles. The molecule has 1 atom stereocenters. The van der Waals surface area contributed by atoms with Crippen LogP contribution >= 0.6 is 23.1 Å². The fourth-order valence-electron chi connectivity index (χ4n) is 3.40. The van der Waals surface area contributed by atoms with Crippen LogP contribution in [0, 0.1) is 11.3 Å². The van der Waals surface area contributed by atoms with Crippen LogP contribution in [0.1, 0.15) is 35.0 Å². The number of anilines is 1. The third-order valence-corrected chi connectivity index (χ3v) is 6.88. The van der Waals surface area contributed by atoms with E-state index in [4.69, 9.17) is 4.74 Å². The van der Waals surface area contributed by atoms with E-state index in [0.29, 0.717) is 33.1 Å². The van der Waals surface area contributed by atoms with Gasteiger partial charge in [-0.2, -0.15) is 5.26 Å². The summed E-state index contributed by atoms with van der Waals surface area (Å²) >= 11 is 2.61. The van der Waals surface area contributed by atoms with Crippen molar-refractivity contribution in [1.29, 1.82) is 5.26 Å². The largest absolute Gasteiger partial charge is 0.458 e. The predicted molar refractivity (Wildman–Crippen MR) is 134 cm³/mol. The number of ketones is 1. The Morgan fingerprint density at radius 2 is 2.12 bits per heavy atom. The van der Waals surface area contributed by atoms with E-state index in [0.717, 1.165) is 4.88 Å². The van der Waals surface area contributed by atoms with E-state index < -0.39 is 11.9 Å². The Morgan fingerprint density at radius 1 is 1.32 bits per heavy atom. The van der Waals surface area contributed by atoms with Crippen LogP contribution in [0.3, 0.4) is 0 Å². The fourth-order valence-corrected chi connectivity index (χ4v) is 5.14. The topological polar surface area (TPSA) is 108 Å². The lowest BCUT2D eigenvalue weighted by molar-refractivity contribution is -0.138. The minimum absolute atomic E-state index is 0.0263. The standard InChI is InChI=1S/C25H23N3O4S2/c1-4-10-32-25(31)22-15(2)27-24(19(13-26)23(22)20-9-6-11-33-20)34-14-21(30)28-18-8-5-7-17(12-18)16(3)29/h4-9,11-12,23,27H,1,10,14H2,2-3H3,(H,28,30)/t23-/m0/s1. The summed E-state index contributed by atoms with van der Waals surface area (Å²) in [6, 6.07) is 12.6. The number of thiophene rings is 1. The fraction of sp³-hybridized carbons (Fsp3) is 0.200. The zero-order chi connectivity index (χ0) is 24.7. The quantitative estimate of drug-likeness (QED) is 0.295. The van der Waals surface area contributed by atoms with E-state index >= 15 is 0 Å². The summed E-state index contributed by atoms with van der Waals surface area (Å²) in [6.45, 7) is 6.83. The van der Waals surface area contributed by atoms with E-state index in [-0.39, 0.29) is 24.1 Å². The second kappa shape index (κ2) is 11.5. The van der Waals surface area contributed by atoms with Gasteiger partial charge in [-0.15, -0.1) is 11.3 Å². The number of dihydropyridines is 1. The highest BCUT2D eigenvalue weighted by Gasteiger charge is 2.36. The first-order chi connectivity index (χ1) is 16.3. The summed E-state index contributed by atoms with van der Waals surface area (Å²) in [4.78, 5) is 37.8. The number of nitrogens with one attached hydrogen (secondary N) is 2. The van der Waals surface area contributed by atoms with E-state index in [1.807, 2.05) is 17.5 Å². The number of allylic oxidation sites excluding steroid dienone is 2. The van der Waals surface area contributed by atoms with E-state index in [1.165, 1.54) is 36.1 Å². The Kier molecular flexibility index (Phi) is 8.46. The molecule has 0 fully saturated rings. The second-order valence-corrected chi connectivity index (χ2v) is 9.29. The number of esters is 1. The Bertz CT molecular complexity index is 1220. The van der Waals surface area contributed by atoms with Gasteiger partial charge in [0.1, 0.15) is 6.61 Å². The molecule has 1 aliphatic heterocycles. The van der Waals surface area contributed by atoms with E-state index in [1.54, 1.807) is 31.2 Å². The first-order valence-corrected chi connectivity index (χ1v) is 12.2. The van der Waals surface area contributed by atoms with Gasteiger partial charge in [-0.05, 0) is 37.4 Å². The minimum Gasteiger partial charge on any atom is -0.458 e. The van der Waals surface area contributed by atoms with Gasteiger partial charge in [0, 0.05) is 21.8 Å². The van der Waals surface area contributed by atoms with Crippen molar-refractivity contribution in [2.24, 2.45) is 0 Å². The molecule has 0 saturated carbocycles. The van der Waals surface area contributed by atoms with Crippen LogP contribution in [-0.2, 0) is 14.3 Å². The minimum atomic E-state index is -0.596. The third kappa shape index (κ3) is 5.84. The molecule has 0 radical (unpaired) electrons. The SMILES string of the molecule is C=CCOC(=O)C1=C(C)NC(SCC(=O)Nc2cccc(C(C)=O)c2)=C(C#N)[C@H]1c1cccs1. The monoisotopic (exact) mass is 493 g/mol. The molecule has 0 spiro atoms. The van der Waals surface area contributed by atoms with Gasteiger partial charge in [-0.1, -0.05) is 42.6 Å². The molecule has 9 heteroatoms. The molecule has 1 aromatic carbocycles. The number of hydrogen-bond acceptors (Lipinski definition) is 8. The van der Waals surface area contributed by atoms with Crippen molar-refractivity contribution < 1.29 is 19.1 Å². The van der Waals surface area contributed by atoms with Crippen molar-refractivity contribution in [3.8, 4) is 6.07 Å². The third-order valence-electron chi connectivity index (χ3n) is 4.93. The lowest BCUT2D eigenvalue weighted by Crippen LogP contribution is -2.29. The van der Waals surface area contributed by atoms with Gasteiger partial charge in [-0.25, -0.2) is 4.79 Å². The molecule has 3 rings (SSSR count). The highest BCUT2D eigenvalue weighted by Crippen LogP contribution is 2.42. The average Bonchev–Trinajstić information content (AvgIpc) is 3.35. The molecule has 174 valence electrons. The molecule has 1 amide bonds. The first-order valence-electron chi connectivity index (χ1n) is 10.3. The molecule has 0 unspecified atom stereocenters. The highest BCUT2D eigenvalue weighted by molar-refractivity contribution is 8.03. The number of rotatable bonds is 9. The van der Waals surface area contributed by atoms with Gasteiger partial charge in [-0.3, -0.25) is 9.59 Å². The molecule has 0 saturated heterocycles. The van der Waals surface area contributed by atoms with Gasteiger partial charge in [0.05, 0.1) is 33.9 Å². The number of nitriles is 1. The van der Waals surface area contributed by atoms with Crippen molar-refractivity contribution >= 4 is 46.4 Å². The molecule has 2 heterocycles. The number of ether oxygens (including phenoxy) is 1. The number of hydrogen-bond donors (Lipinski definition) is 2. The van der Waals surface area contributed by atoms with Crippen LogP contribution in [-0.4, -0.2) is 30.0 Å². The number of carbonyl (C=O) groups is 3. The van der Waals surface area contributed by atoms with Crippen molar-refractivity contribution in [1.82, 2.24) is 5.32 Å². The van der Waals surface area contributed by atoms with Crippen molar-refractivity contribution in [2.75, 3.05) is 17.7 Å². The normalized spacial score (nSPS) is 15.3. The average molecular weight is 494 g/mol. The highest BCUT2D eigenvalue weighted by atomic mass is 32.2. The molecule has 2 aromatic rings. The first kappa shape index (κ1) is 25.0. The van der Waals surface area contributed by atoms with Crippen LogP contribution in [0.4, 0.5) is 5.69 Å². The van der Waals surface area contributed by atoms with Crippen LogP contribution in [0.25, 0.3) is 0 Å². The molecular weight excluding hydrogens is 470 g/mol. The molecule has 0 bridgehead atoms. The van der Waals surface area contributed by atoms with Gasteiger partial charge in [0.2, 0.25) is 5.91 Å². The second-order valence-electron chi connectivity index (χ2n) is 7.33. The number of carbonyl (C=O) groups excluding carboxylic acids is 3. The smallest absolute Gasteiger partial charge is 0.337 e. The Balaban J connectivity index is 1.82. The van der Waals surface area contributed by atoms with Crippen molar-refractivity contribution in [2.45, 2.75) is 19.8 Å². The van der Waals surface area contributed by atoms with Crippen molar-refractivity contribution in [3.63, 3.8) is 0 Å². The zero-order valence-corrected chi connectivity index (χ0v) is 20.3. The van der Waals surface area contributed by atoms with Crippen LogP contribution in [0.15, 0.2) is 76.3 Å². The summed E-state index contributed by atoms with van der Waals surface area (Å²) in [7, 11) is 0. The summed E-state index contributed by atoms with van der Waals surface area (Å²) in [6.07, 6.45) is 1.48. The van der Waals surface area contributed by atoms with Crippen LogP contribution in [0.2, 0.25) is 0 Å². The number of amides is 1. The van der Waals surface area contributed by atoms with Crippen molar-refractivity contribution in [3.05, 3.63) is 86.7 Å². The summed E-state index contributed by atoms with van der Waals surface area (Å²) in [5.74, 6) is -1.48.